The number of amides is 1. The number of nitrogens with one attached hydrogen (secondary N) is 1. The molecule has 1 saturated carbocycles. The van der Waals surface area contributed by atoms with Crippen LogP contribution in [0.4, 0.5) is 0 Å². The number of sulfonamides is 1. The lowest BCUT2D eigenvalue weighted by atomic mass is 10.2. The van der Waals surface area contributed by atoms with E-state index in [1.165, 1.54) is 19.1 Å². The van der Waals surface area contributed by atoms with Crippen LogP contribution in [-0.4, -0.2) is 43.6 Å². The first-order chi connectivity index (χ1) is 10.4. The van der Waals surface area contributed by atoms with Crippen molar-refractivity contribution in [1.29, 1.82) is 0 Å². The Kier molecular flexibility index (Phi) is 3.78. The number of hydrogen-bond acceptors (Lipinski definition) is 4. The van der Waals surface area contributed by atoms with Gasteiger partial charge in [0.2, 0.25) is 15.9 Å². The topological polar surface area (TPSA) is 83.5 Å². The van der Waals surface area contributed by atoms with Crippen LogP contribution in [0.5, 0.6) is 0 Å². The van der Waals surface area contributed by atoms with E-state index in [2.05, 4.69) is 4.72 Å². The Balaban J connectivity index is 1.75. The van der Waals surface area contributed by atoms with Crippen molar-refractivity contribution in [2.24, 2.45) is 0 Å². The van der Waals surface area contributed by atoms with Crippen LogP contribution in [-0.2, 0) is 14.8 Å². The third-order valence-corrected chi connectivity index (χ3v) is 5.54. The Labute approximate surface area is 129 Å². The number of benzene rings is 1. The van der Waals surface area contributed by atoms with Crippen LogP contribution in [0.25, 0.3) is 0 Å². The second-order valence-electron chi connectivity index (χ2n) is 5.88. The average molecular weight is 322 g/mol. The van der Waals surface area contributed by atoms with Gasteiger partial charge in [-0.2, -0.15) is 0 Å². The van der Waals surface area contributed by atoms with Crippen molar-refractivity contribution < 1.29 is 18.0 Å². The summed E-state index contributed by atoms with van der Waals surface area (Å²) in [5.74, 6) is -0.180. The number of carbonyl (C=O) groups excluding carboxylic acids is 2. The summed E-state index contributed by atoms with van der Waals surface area (Å²) in [5, 5.41) is 0. The van der Waals surface area contributed by atoms with Crippen LogP contribution in [0.15, 0.2) is 29.2 Å². The number of nitrogens with zero attached hydrogens (tertiary/aromatic N) is 1. The fourth-order valence-electron chi connectivity index (χ4n) is 2.72. The molecule has 118 valence electrons. The lowest BCUT2D eigenvalue weighted by Gasteiger charge is -2.16. The maximum atomic E-state index is 12.4. The zero-order valence-corrected chi connectivity index (χ0v) is 13.1. The zero-order valence-electron chi connectivity index (χ0n) is 12.3. The highest BCUT2D eigenvalue weighted by atomic mass is 32.2. The minimum absolute atomic E-state index is 0.00712. The summed E-state index contributed by atoms with van der Waals surface area (Å²) in [6.45, 7) is 1.82. The molecule has 2 fully saturated rings. The van der Waals surface area contributed by atoms with Crippen molar-refractivity contribution in [3.8, 4) is 0 Å². The minimum Gasteiger partial charge on any atom is -0.338 e. The summed E-state index contributed by atoms with van der Waals surface area (Å²) < 4.78 is 27.4. The fraction of sp³-hybridized carbons (Fsp3) is 0.467. The van der Waals surface area contributed by atoms with E-state index in [-0.39, 0.29) is 23.0 Å². The Morgan fingerprint density at radius 2 is 2.05 bits per heavy atom. The molecule has 7 heteroatoms. The molecule has 1 saturated heterocycles. The maximum Gasteiger partial charge on any atom is 0.240 e. The summed E-state index contributed by atoms with van der Waals surface area (Å²) >= 11 is 0. The highest BCUT2D eigenvalue weighted by Gasteiger charge is 2.40. The van der Waals surface area contributed by atoms with Gasteiger partial charge >= 0.3 is 0 Å². The molecule has 6 nitrogen and oxygen atoms in total. The predicted octanol–water partition coefficient (Wildman–Crippen LogP) is 0.931. The fourth-order valence-corrected chi connectivity index (χ4v) is 3.99. The quantitative estimate of drug-likeness (QED) is 0.818. The molecular formula is C15H18N2O4S. The summed E-state index contributed by atoms with van der Waals surface area (Å²) in [4.78, 5) is 25.1. The van der Waals surface area contributed by atoms with E-state index >= 15 is 0 Å². The molecule has 1 N–H and O–H groups in total. The molecule has 1 aromatic carbocycles. The molecule has 1 aliphatic heterocycles. The predicted molar refractivity (Wildman–Crippen MR) is 79.9 cm³/mol. The molecule has 22 heavy (non-hydrogen) atoms. The average Bonchev–Trinajstić information content (AvgIpc) is 3.23. The first-order valence-electron chi connectivity index (χ1n) is 7.29. The molecule has 0 spiro atoms. The molecule has 1 heterocycles. The SMILES string of the molecule is CC(=O)c1cccc(S(=O)(=O)NC2CC(=O)N(C3CC3)C2)c1. The lowest BCUT2D eigenvalue weighted by molar-refractivity contribution is -0.128. The summed E-state index contributed by atoms with van der Waals surface area (Å²) in [5.41, 5.74) is 0.352. The maximum absolute atomic E-state index is 12.4. The molecule has 1 amide bonds. The van der Waals surface area contributed by atoms with Gasteiger partial charge in [0.15, 0.2) is 5.78 Å². The van der Waals surface area contributed by atoms with E-state index in [4.69, 9.17) is 0 Å². The normalized spacial score (nSPS) is 22.1. The van der Waals surface area contributed by atoms with E-state index in [1.54, 1.807) is 17.0 Å². The number of carbonyl (C=O) groups is 2. The van der Waals surface area contributed by atoms with Gasteiger partial charge in [-0.3, -0.25) is 9.59 Å². The van der Waals surface area contributed by atoms with Gasteiger partial charge in [0.05, 0.1) is 4.90 Å². The largest absolute Gasteiger partial charge is 0.338 e. The molecule has 0 bridgehead atoms. The standard InChI is InChI=1S/C15H18N2O4S/c1-10(18)11-3-2-4-14(7-11)22(20,21)16-12-8-15(19)17(9-12)13-5-6-13/h2-4,7,12-13,16H,5-6,8-9H2,1H3. The second kappa shape index (κ2) is 5.48. The Bertz CT molecular complexity index is 725. The minimum atomic E-state index is -3.73. The van der Waals surface area contributed by atoms with Gasteiger partial charge in [0, 0.05) is 30.6 Å². The van der Waals surface area contributed by atoms with Crippen LogP contribution in [0.2, 0.25) is 0 Å². The number of hydrogen-bond donors (Lipinski definition) is 1. The van der Waals surface area contributed by atoms with E-state index in [1.807, 2.05) is 0 Å². The van der Waals surface area contributed by atoms with Gasteiger partial charge in [-0.15, -0.1) is 0 Å². The van der Waals surface area contributed by atoms with Crippen LogP contribution < -0.4 is 4.72 Å². The number of likely N-dealkylation sites (tertiary alicyclic amines) is 1. The number of ketones is 1. The van der Waals surface area contributed by atoms with Crippen LogP contribution >= 0.6 is 0 Å². The molecule has 0 radical (unpaired) electrons. The molecule has 1 aliphatic carbocycles. The molecular weight excluding hydrogens is 304 g/mol. The van der Waals surface area contributed by atoms with Gasteiger partial charge in [-0.25, -0.2) is 13.1 Å². The van der Waals surface area contributed by atoms with Gasteiger partial charge in [0.1, 0.15) is 0 Å². The molecule has 1 unspecified atom stereocenters. The van der Waals surface area contributed by atoms with E-state index in [0.717, 1.165) is 12.8 Å². The highest BCUT2D eigenvalue weighted by molar-refractivity contribution is 7.89. The van der Waals surface area contributed by atoms with Crippen molar-refractivity contribution in [3.63, 3.8) is 0 Å². The Hall–Kier alpha value is -1.73. The summed E-state index contributed by atoms with van der Waals surface area (Å²) in [6.07, 6.45) is 2.21. The van der Waals surface area contributed by atoms with Crippen molar-refractivity contribution in [2.75, 3.05) is 6.54 Å². The third kappa shape index (κ3) is 3.05. The van der Waals surface area contributed by atoms with Crippen molar-refractivity contribution >= 4 is 21.7 Å². The third-order valence-electron chi connectivity index (χ3n) is 4.02. The smallest absolute Gasteiger partial charge is 0.240 e. The van der Waals surface area contributed by atoms with Crippen LogP contribution in [0.1, 0.15) is 36.5 Å². The number of rotatable bonds is 5. The highest BCUT2D eigenvalue weighted by Crippen LogP contribution is 2.31. The van der Waals surface area contributed by atoms with Gasteiger partial charge in [0.25, 0.3) is 0 Å². The first kappa shape index (κ1) is 15.2. The van der Waals surface area contributed by atoms with Crippen molar-refractivity contribution in [3.05, 3.63) is 29.8 Å². The lowest BCUT2D eigenvalue weighted by Crippen LogP contribution is -2.37. The van der Waals surface area contributed by atoms with E-state index in [9.17, 15) is 18.0 Å². The Morgan fingerprint density at radius 1 is 1.32 bits per heavy atom. The van der Waals surface area contributed by atoms with Crippen LogP contribution in [0.3, 0.4) is 0 Å². The molecule has 1 aromatic rings. The van der Waals surface area contributed by atoms with Crippen molar-refractivity contribution in [2.45, 2.75) is 43.2 Å². The molecule has 0 aromatic heterocycles. The summed E-state index contributed by atoms with van der Waals surface area (Å²) in [6, 6.07) is 5.82. The van der Waals surface area contributed by atoms with Gasteiger partial charge < -0.3 is 4.90 Å². The molecule has 2 aliphatic rings. The van der Waals surface area contributed by atoms with E-state index in [0.29, 0.717) is 18.2 Å². The molecule has 1 atom stereocenters. The first-order valence-corrected chi connectivity index (χ1v) is 8.78. The van der Waals surface area contributed by atoms with Gasteiger partial charge in [-0.1, -0.05) is 12.1 Å². The Morgan fingerprint density at radius 3 is 2.68 bits per heavy atom. The van der Waals surface area contributed by atoms with Crippen LogP contribution in [0, 0.1) is 0 Å². The number of Topliss-reactive ketones (excluding diaryl/α,β-unsaturated/α-hetero) is 1. The molecule has 3 rings (SSSR count). The second-order valence-corrected chi connectivity index (χ2v) is 7.60. The van der Waals surface area contributed by atoms with Gasteiger partial charge in [-0.05, 0) is 31.9 Å². The zero-order chi connectivity index (χ0) is 15.9. The van der Waals surface area contributed by atoms with E-state index < -0.39 is 16.1 Å². The summed E-state index contributed by atoms with van der Waals surface area (Å²) in [7, 11) is -3.73. The monoisotopic (exact) mass is 322 g/mol. The van der Waals surface area contributed by atoms with Crippen molar-refractivity contribution in [1.82, 2.24) is 9.62 Å².